The fourth-order valence-corrected chi connectivity index (χ4v) is 3.01. The van der Waals surface area contributed by atoms with Crippen molar-refractivity contribution in [3.63, 3.8) is 0 Å². The van der Waals surface area contributed by atoms with Crippen LogP contribution in [0.15, 0.2) is 18.3 Å². The Morgan fingerprint density at radius 2 is 1.95 bits per heavy atom. The number of nitrogens with zero attached hydrogens (tertiary/aromatic N) is 4. The monoisotopic (exact) mass is 259 g/mol. The summed E-state index contributed by atoms with van der Waals surface area (Å²) in [6, 6.07) is 4.99. The van der Waals surface area contributed by atoms with Gasteiger partial charge >= 0.3 is 0 Å². The lowest BCUT2D eigenvalue weighted by molar-refractivity contribution is 0.0919. The first-order valence-corrected chi connectivity index (χ1v) is 7.00. The number of anilines is 1. The number of likely N-dealkylation sites (tertiary alicyclic amines) is 1. The van der Waals surface area contributed by atoms with Crippen LogP contribution in [0.1, 0.15) is 38.9 Å². The van der Waals surface area contributed by atoms with Crippen molar-refractivity contribution < 1.29 is 0 Å². The molecule has 5 heteroatoms. The molecular weight excluding hydrogens is 238 g/mol. The van der Waals surface area contributed by atoms with Gasteiger partial charge in [0.15, 0.2) is 11.5 Å². The highest BCUT2D eigenvalue weighted by Gasteiger charge is 2.25. The van der Waals surface area contributed by atoms with Gasteiger partial charge in [-0.25, -0.2) is 0 Å². The Morgan fingerprint density at radius 3 is 2.68 bits per heavy atom. The highest BCUT2D eigenvalue weighted by molar-refractivity contribution is 5.47. The van der Waals surface area contributed by atoms with Gasteiger partial charge in [-0.1, -0.05) is 6.42 Å². The summed E-state index contributed by atoms with van der Waals surface area (Å²) in [4.78, 5) is 2.52. The van der Waals surface area contributed by atoms with Gasteiger partial charge in [-0.3, -0.25) is 9.30 Å². The number of rotatable bonds is 2. The maximum Gasteiger partial charge on any atom is 0.160 e. The average molecular weight is 259 g/mol. The predicted molar refractivity (Wildman–Crippen MR) is 75.7 cm³/mol. The van der Waals surface area contributed by atoms with Crippen LogP contribution in [0.3, 0.4) is 0 Å². The minimum Gasteiger partial charge on any atom is -0.398 e. The maximum atomic E-state index is 5.85. The number of piperidine rings is 1. The normalized spacial score (nSPS) is 24.9. The smallest absolute Gasteiger partial charge is 0.160 e. The highest BCUT2D eigenvalue weighted by atomic mass is 15.3. The van der Waals surface area contributed by atoms with E-state index in [4.69, 9.17) is 5.73 Å². The number of nitrogens with two attached hydrogens (primary N) is 1. The van der Waals surface area contributed by atoms with Gasteiger partial charge in [0.05, 0.1) is 6.54 Å². The average Bonchev–Trinajstić information content (AvgIpc) is 2.76. The van der Waals surface area contributed by atoms with Crippen molar-refractivity contribution in [2.24, 2.45) is 0 Å². The van der Waals surface area contributed by atoms with Crippen molar-refractivity contribution in [1.29, 1.82) is 0 Å². The zero-order chi connectivity index (χ0) is 13.4. The molecule has 2 N–H and O–H groups in total. The van der Waals surface area contributed by atoms with Crippen molar-refractivity contribution in [1.82, 2.24) is 19.5 Å². The van der Waals surface area contributed by atoms with Crippen LogP contribution in [0.25, 0.3) is 5.65 Å². The molecule has 1 aliphatic heterocycles. The van der Waals surface area contributed by atoms with Gasteiger partial charge in [0.1, 0.15) is 0 Å². The molecule has 3 rings (SSSR count). The van der Waals surface area contributed by atoms with E-state index < -0.39 is 0 Å². The van der Waals surface area contributed by atoms with E-state index in [1.807, 2.05) is 22.7 Å². The highest BCUT2D eigenvalue weighted by Crippen LogP contribution is 2.24. The third kappa shape index (κ3) is 2.30. The SMILES string of the molecule is CC1CCCC(C)N1Cc1nnc2ccc(N)cn12. The van der Waals surface area contributed by atoms with Crippen LogP contribution < -0.4 is 5.73 Å². The molecule has 0 saturated carbocycles. The molecule has 0 aliphatic carbocycles. The first-order valence-electron chi connectivity index (χ1n) is 7.00. The Bertz CT molecular complexity index is 566. The lowest BCUT2D eigenvalue weighted by atomic mass is 9.97. The third-order valence-corrected chi connectivity index (χ3v) is 4.20. The van der Waals surface area contributed by atoms with Crippen LogP contribution >= 0.6 is 0 Å². The summed E-state index contributed by atoms with van der Waals surface area (Å²) in [5, 5.41) is 8.52. The Morgan fingerprint density at radius 1 is 1.21 bits per heavy atom. The summed E-state index contributed by atoms with van der Waals surface area (Å²) >= 11 is 0. The summed E-state index contributed by atoms with van der Waals surface area (Å²) in [5.74, 6) is 0.975. The molecule has 2 aromatic heterocycles. The molecule has 0 bridgehead atoms. The van der Waals surface area contributed by atoms with E-state index in [1.165, 1.54) is 19.3 Å². The van der Waals surface area contributed by atoms with Gasteiger partial charge in [0.25, 0.3) is 0 Å². The molecule has 2 atom stereocenters. The minimum atomic E-state index is 0.608. The third-order valence-electron chi connectivity index (χ3n) is 4.20. The standard InChI is InChI=1S/C14H21N5/c1-10-4-3-5-11(2)18(10)9-14-17-16-13-7-6-12(15)8-19(13)14/h6-8,10-11H,3-5,9,15H2,1-2H3. The topological polar surface area (TPSA) is 59.5 Å². The number of hydrogen-bond acceptors (Lipinski definition) is 4. The number of pyridine rings is 1. The second-order valence-electron chi connectivity index (χ2n) is 5.61. The first kappa shape index (κ1) is 12.4. The maximum absolute atomic E-state index is 5.85. The van der Waals surface area contributed by atoms with Crippen LogP contribution in [0.4, 0.5) is 5.69 Å². The molecule has 1 saturated heterocycles. The second kappa shape index (κ2) is 4.81. The Labute approximate surface area is 113 Å². The zero-order valence-electron chi connectivity index (χ0n) is 11.6. The molecule has 0 amide bonds. The van der Waals surface area contributed by atoms with Gasteiger partial charge in [-0.2, -0.15) is 0 Å². The van der Waals surface area contributed by atoms with Crippen molar-refractivity contribution in [2.75, 3.05) is 5.73 Å². The molecule has 2 aromatic rings. The van der Waals surface area contributed by atoms with Crippen molar-refractivity contribution in [2.45, 2.75) is 51.7 Å². The van der Waals surface area contributed by atoms with E-state index in [0.29, 0.717) is 12.1 Å². The van der Waals surface area contributed by atoms with Crippen LogP contribution in [-0.2, 0) is 6.54 Å². The van der Waals surface area contributed by atoms with Gasteiger partial charge in [-0.15, -0.1) is 10.2 Å². The second-order valence-corrected chi connectivity index (χ2v) is 5.61. The van der Waals surface area contributed by atoms with Crippen LogP contribution in [0.2, 0.25) is 0 Å². The lowest BCUT2D eigenvalue weighted by Gasteiger charge is -2.38. The molecule has 3 heterocycles. The van der Waals surface area contributed by atoms with E-state index in [0.717, 1.165) is 23.7 Å². The molecule has 19 heavy (non-hydrogen) atoms. The largest absolute Gasteiger partial charge is 0.398 e. The molecular formula is C14H21N5. The number of fused-ring (bicyclic) bond motifs is 1. The first-order chi connectivity index (χ1) is 9.15. The quantitative estimate of drug-likeness (QED) is 0.897. The molecule has 2 unspecified atom stereocenters. The van der Waals surface area contributed by atoms with Crippen molar-refractivity contribution in [3.05, 3.63) is 24.2 Å². The van der Waals surface area contributed by atoms with E-state index in [-0.39, 0.29) is 0 Å². The van der Waals surface area contributed by atoms with Crippen LogP contribution in [-0.4, -0.2) is 31.6 Å². The Balaban J connectivity index is 1.90. The molecule has 0 radical (unpaired) electrons. The number of aromatic nitrogens is 3. The number of nitrogen functional groups attached to an aromatic ring is 1. The van der Waals surface area contributed by atoms with E-state index in [1.54, 1.807) is 0 Å². The summed E-state index contributed by atoms with van der Waals surface area (Å²) < 4.78 is 2.00. The molecule has 0 spiro atoms. The van der Waals surface area contributed by atoms with Crippen LogP contribution in [0.5, 0.6) is 0 Å². The Hall–Kier alpha value is -1.62. The van der Waals surface area contributed by atoms with E-state index >= 15 is 0 Å². The number of hydrogen-bond donors (Lipinski definition) is 1. The van der Waals surface area contributed by atoms with Gasteiger partial charge < -0.3 is 5.73 Å². The van der Waals surface area contributed by atoms with Crippen molar-refractivity contribution >= 4 is 11.3 Å². The molecule has 1 aliphatic rings. The molecule has 0 aromatic carbocycles. The summed E-state index contributed by atoms with van der Waals surface area (Å²) in [5.41, 5.74) is 7.46. The van der Waals surface area contributed by atoms with E-state index in [2.05, 4.69) is 28.9 Å². The fraction of sp³-hybridized carbons (Fsp3) is 0.571. The summed E-state index contributed by atoms with van der Waals surface area (Å²) in [7, 11) is 0. The minimum absolute atomic E-state index is 0.608. The molecule has 102 valence electrons. The predicted octanol–water partition coefficient (Wildman–Crippen LogP) is 2.07. The van der Waals surface area contributed by atoms with Gasteiger partial charge in [0.2, 0.25) is 0 Å². The van der Waals surface area contributed by atoms with Crippen LogP contribution in [0, 0.1) is 0 Å². The summed E-state index contributed by atoms with van der Waals surface area (Å²) in [6.45, 7) is 5.44. The Kier molecular flexibility index (Phi) is 3.14. The zero-order valence-corrected chi connectivity index (χ0v) is 11.6. The lowest BCUT2D eigenvalue weighted by Crippen LogP contribution is -2.43. The summed E-state index contributed by atoms with van der Waals surface area (Å²) in [6.07, 6.45) is 5.77. The molecule has 1 fully saturated rings. The van der Waals surface area contributed by atoms with Gasteiger partial charge in [0, 0.05) is 24.0 Å². The van der Waals surface area contributed by atoms with Gasteiger partial charge in [-0.05, 0) is 38.8 Å². The fourth-order valence-electron chi connectivity index (χ4n) is 3.01. The molecule has 5 nitrogen and oxygen atoms in total. The van der Waals surface area contributed by atoms with Crippen molar-refractivity contribution in [3.8, 4) is 0 Å². The van der Waals surface area contributed by atoms with E-state index in [9.17, 15) is 0 Å².